The third-order valence-electron chi connectivity index (χ3n) is 12.4. The first-order chi connectivity index (χ1) is 31.7. The summed E-state index contributed by atoms with van der Waals surface area (Å²) < 4.78 is 8.82. The average molecular weight is 818 g/mol. The van der Waals surface area contributed by atoms with Gasteiger partial charge in [-0.25, -0.2) is 19.9 Å². The number of para-hydroxylation sites is 4. The molecule has 4 heterocycles. The van der Waals surface area contributed by atoms with Gasteiger partial charge >= 0.3 is 0 Å². The highest BCUT2D eigenvalue weighted by Crippen LogP contribution is 2.43. The highest BCUT2D eigenvalue weighted by atomic mass is 16.3. The lowest BCUT2D eigenvalue weighted by atomic mass is 9.94. The summed E-state index contributed by atoms with van der Waals surface area (Å²) in [5, 5.41) is 7.92. The van der Waals surface area contributed by atoms with Gasteiger partial charge in [-0.3, -0.25) is 0 Å². The van der Waals surface area contributed by atoms with Crippen molar-refractivity contribution < 1.29 is 4.42 Å². The molecule has 0 N–H and O–H groups in total. The molecule has 0 aliphatic heterocycles. The van der Waals surface area contributed by atoms with E-state index < -0.39 is 0 Å². The van der Waals surface area contributed by atoms with E-state index in [0.717, 1.165) is 88.5 Å². The van der Waals surface area contributed by atoms with Crippen molar-refractivity contribution in [1.29, 1.82) is 0 Å². The van der Waals surface area contributed by atoms with E-state index in [1.165, 1.54) is 21.7 Å². The van der Waals surface area contributed by atoms with Crippen molar-refractivity contribution in [2.24, 2.45) is 0 Å². The molecule has 0 radical (unpaired) electrons. The summed E-state index contributed by atoms with van der Waals surface area (Å²) in [4.78, 5) is 20.6. The van der Waals surface area contributed by atoms with Crippen LogP contribution in [0.3, 0.4) is 0 Å². The van der Waals surface area contributed by atoms with Crippen molar-refractivity contribution in [1.82, 2.24) is 24.5 Å². The smallest absolute Gasteiger partial charge is 0.167 e. The summed E-state index contributed by atoms with van der Waals surface area (Å²) in [6, 6.07) is 73.9. The second-order valence-corrected chi connectivity index (χ2v) is 16.2. The Hall–Kier alpha value is -8.74. The zero-order chi connectivity index (χ0) is 42.1. The molecule has 13 aromatic rings. The van der Waals surface area contributed by atoms with Crippen molar-refractivity contribution >= 4 is 65.4 Å². The van der Waals surface area contributed by atoms with Crippen LogP contribution in [0.15, 0.2) is 217 Å². The average Bonchev–Trinajstić information content (AvgIpc) is 3.93. The molecular weight excluding hydrogens is 783 g/mol. The minimum absolute atomic E-state index is 0.557. The number of fused-ring (bicyclic) bond motifs is 10. The van der Waals surface area contributed by atoms with E-state index >= 15 is 0 Å². The minimum Gasteiger partial charge on any atom is -0.455 e. The molecule has 6 heteroatoms. The monoisotopic (exact) mass is 817 g/mol. The van der Waals surface area contributed by atoms with Crippen LogP contribution in [-0.2, 0) is 0 Å². The van der Waals surface area contributed by atoms with Gasteiger partial charge < -0.3 is 8.98 Å². The Morgan fingerprint density at radius 1 is 0.344 bits per heavy atom. The third-order valence-corrected chi connectivity index (χ3v) is 12.4. The topological polar surface area (TPSA) is 69.6 Å². The van der Waals surface area contributed by atoms with Crippen LogP contribution in [0.4, 0.5) is 0 Å². The fourth-order valence-electron chi connectivity index (χ4n) is 9.48. The van der Waals surface area contributed by atoms with Crippen LogP contribution in [-0.4, -0.2) is 24.5 Å². The maximum Gasteiger partial charge on any atom is 0.167 e. The zero-order valence-corrected chi connectivity index (χ0v) is 34.4. The van der Waals surface area contributed by atoms with Gasteiger partial charge in [0, 0.05) is 60.1 Å². The Morgan fingerprint density at radius 3 is 1.73 bits per heavy atom. The van der Waals surface area contributed by atoms with E-state index in [-0.39, 0.29) is 0 Å². The lowest BCUT2D eigenvalue weighted by Crippen LogP contribution is -2.00. The zero-order valence-electron chi connectivity index (χ0n) is 34.4. The molecule has 0 fully saturated rings. The van der Waals surface area contributed by atoms with Crippen LogP contribution >= 0.6 is 0 Å². The van der Waals surface area contributed by atoms with Gasteiger partial charge in [-0.1, -0.05) is 164 Å². The maximum atomic E-state index is 6.44. The molecule has 0 amide bonds. The molecule has 0 unspecified atom stereocenters. The number of nitrogens with zero attached hydrogens (tertiary/aromatic N) is 5. The quantitative estimate of drug-likeness (QED) is 0.156. The Morgan fingerprint density at radius 2 is 0.953 bits per heavy atom. The molecule has 6 nitrogen and oxygen atoms in total. The molecule has 0 saturated carbocycles. The van der Waals surface area contributed by atoms with E-state index in [9.17, 15) is 0 Å². The van der Waals surface area contributed by atoms with Gasteiger partial charge in [0.05, 0.1) is 27.8 Å². The van der Waals surface area contributed by atoms with E-state index in [4.69, 9.17) is 24.4 Å². The van der Waals surface area contributed by atoms with Gasteiger partial charge in [0.2, 0.25) is 0 Å². The molecule has 13 rings (SSSR count). The summed E-state index contributed by atoms with van der Waals surface area (Å²) in [6.45, 7) is 0. The molecule has 0 atom stereocenters. The van der Waals surface area contributed by atoms with Gasteiger partial charge in [-0.15, -0.1) is 0 Å². The Labute approximate surface area is 367 Å². The number of pyridine rings is 1. The lowest BCUT2D eigenvalue weighted by Gasteiger charge is -2.14. The first kappa shape index (κ1) is 36.0. The second-order valence-electron chi connectivity index (χ2n) is 16.2. The molecule has 0 aliphatic rings. The number of hydrogen-bond donors (Lipinski definition) is 0. The maximum absolute atomic E-state index is 6.44. The van der Waals surface area contributed by atoms with Gasteiger partial charge in [0.15, 0.2) is 17.5 Å². The molecular formula is C58H35N5O. The Bertz CT molecular complexity index is 3930. The van der Waals surface area contributed by atoms with Crippen LogP contribution in [0.2, 0.25) is 0 Å². The van der Waals surface area contributed by atoms with Gasteiger partial charge in [-0.05, 0) is 59.7 Å². The summed E-state index contributed by atoms with van der Waals surface area (Å²) >= 11 is 0. The van der Waals surface area contributed by atoms with Crippen molar-refractivity contribution in [2.45, 2.75) is 0 Å². The molecule has 298 valence electrons. The van der Waals surface area contributed by atoms with Crippen molar-refractivity contribution in [2.75, 3.05) is 0 Å². The van der Waals surface area contributed by atoms with Crippen molar-refractivity contribution in [3.05, 3.63) is 212 Å². The van der Waals surface area contributed by atoms with E-state index in [0.29, 0.717) is 17.5 Å². The van der Waals surface area contributed by atoms with Crippen molar-refractivity contribution in [3.8, 4) is 62.2 Å². The third kappa shape index (κ3) is 5.73. The van der Waals surface area contributed by atoms with Gasteiger partial charge in [0.25, 0.3) is 0 Å². The Balaban J connectivity index is 0.984. The predicted molar refractivity (Wildman–Crippen MR) is 261 cm³/mol. The SMILES string of the molecule is c1ccc(-c2nc(-c3ccc(-c4ccc5nc(-c6ccccc6)c6ccc7c(c8ccccc8n7-c7ccccc7)c6c5c4)cc3)nc(-c3cccc4c3oc3ccccc34)n2)cc1. The molecule has 0 aliphatic carbocycles. The number of furan rings is 1. The van der Waals surface area contributed by atoms with Crippen LogP contribution in [0.1, 0.15) is 0 Å². The molecule has 0 bridgehead atoms. The molecule has 0 spiro atoms. The number of benzene rings is 9. The highest BCUT2D eigenvalue weighted by Gasteiger charge is 2.21. The summed E-state index contributed by atoms with van der Waals surface area (Å²) in [7, 11) is 0. The second kappa shape index (κ2) is 14.4. The van der Waals surface area contributed by atoms with E-state index in [1.807, 2.05) is 60.7 Å². The van der Waals surface area contributed by atoms with Crippen LogP contribution < -0.4 is 0 Å². The van der Waals surface area contributed by atoms with Crippen LogP contribution in [0.25, 0.3) is 128 Å². The van der Waals surface area contributed by atoms with Crippen LogP contribution in [0.5, 0.6) is 0 Å². The summed E-state index contributed by atoms with van der Waals surface area (Å²) in [5.41, 5.74) is 12.8. The van der Waals surface area contributed by atoms with Gasteiger partial charge in [0.1, 0.15) is 11.2 Å². The van der Waals surface area contributed by atoms with Gasteiger partial charge in [-0.2, -0.15) is 0 Å². The minimum atomic E-state index is 0.557. The molecule has 64 heavy (non-hydrogen) atoms. The number of aromatic nitrogens is 5. The first-order valence-corrected chi connectivity index (χ1v) is 21.5. The first-order valence-electron chi connectivity index (χ1n) is 21.5. The van der Waals surface area contributed by atoms with Crippen molar-refractivity contribution in [3.63, 3.8) is 0 Å². The highest BCUT2D eigenvalue weighted by molar-refractivity contribution is 6.29. The van der Waals surface area contributed by atoms with Crippen LogP contribution in [0, 0.1) is 0 Å². The standard InChI is InChI=1S/C58H35N5O/c1-4-15-37(16-5-1)54-45-32-34-50-53(44-22-10-12-25-49(44)63(50)41-19-8-3-9-20-41)52(45)47-35-40(31-33-48(47)59-54)36-27-29-39(30-28-36)57-60-56(38-17-6-2-7-18-38)61-58(62-57)46-24-14-23-43-42-21-11-13-26-51(42)64-55(43)46/h1-35H. The molecule has 0 saturated heterocycles. The molecule has 4 aromatic heterocycles. The largest absolute Gasteiger partial charge is 0.455 e. The summed E-state index contributed by atoms with van der Waals surface area (Å²) in [5.74, 6) is 1.74. The van der Waals surface area contributed by atoms with E-state index in [1.54, 1.807) is 0 Å². The normalized spacial score (nSPS) is 11.8. The number of rotatable bonds is 6. The lowest BCUT2D eigenvalue weighted by molar-refractivity contribution is 0.669. The fraction of sp³-hybridized carbons (Fsp3) is 0. The van der Waals surface area contributed by atoms with E-state index in [2.05, 4.69) is 156 Å². The molecule has 9 aromatic carbocycles. The Kier molecular flexibility index (Phi) is 8.11. The predicted octanol–water partition coefficient (Wildman–Crippen LogP) is 14.9. The number of hydrogen-bond acceptors (Lipinski definition) is 5. The summed E-state index contributed by atoms with van der Waals surface area (Å²) in [6.07, 6.45) is 0. The fourth-order valence-corrected chi connectivity index (χ4v) is 9.48.